The molecule has 3 amide bonds. The molecule has 7 nitrogen and oxygen atoms in total. The second-order valence-electron chi connectivity index (χ2n) is 6.35. The van der Waals surface area contributed by atoms with Crippen molar-refractivity contribution in [3.05, 3.63) is 71.0 Å². The van der Waals surface area contributed by atoms with Crippen LogP contribution < -0.4 is 5.32 Å². The smallest absolute Gasteiger partial charge is 0.326 e. The Kier molecular flexibility index (Phi) is 5.49. The first-order valence-corrected chi connectivity index (χ1v) is 8.58. The van der Waals surface area contributed by atoms with Crippen molar-refractivity contribution in [2.75, 3.05) is 6.54 Å². The van der Waals surface area contributed by atoms with Gasteiger partial charge in [0.15, 0.2) is 0 Å². The fraction of sp³-hybridized carbons (Fsp3) is 0.200. The Hall–Kier alpha value is -3.55. The van der Waals surface area contributed by atoms with Crippen molar-refractivity contribution < 1.29 is 28.7 Å². The van der Waals surface area contributed by atoms with Gasteiger partial charge in [0.2, 0.25) is 5.91 Å². The number of aliphatic carboxylic acids is 1. The van der Waals surface area contributed by atoms with E-state index < -0.39 is 35.5 Å². The molecule has 28 heavy (non-hydrogen) atoms. The molecule has 3 rings (SSSR count). The third-order valence-electron chi connectivity index (χ3n) is 4.40. The van der Waals surface area contributed by atoms with Gasteiger partial charge in [-0.15, -0.1) is 0 Å². The highest BCUT2D eigenvalue weighted by Crippen LogP contribution is 2.22. The molecule has 0 aromatic heterocycles. The molecule has 144 valence electrons. The summed E-state index contributed by atoms with van der Waals surface area (Å²) in [6.07, 6.45) is -0.329. The zero-order valence-electron chi connectivity index (χ0n) is 14.7. The molecule has 2 N–H and O–H groups in total. The summed E-state index contributed by atoms with van der Waals surface area (Å²) in [5.74, 6) is -3.36. The zero-order chi connectivity index (χ0) is 20.3. The third kappa shape index (κ3) is 4.06. The van der Waals surface area contributed by atoms with Crippen molar-refractivity contribution in [2.24, 2.45) is 0 Å². The minimum Gasteiger partial charge on any atom is -0.480 e. The van der Waals surface area contributed by atoms with Crippen molar-refractivity contribution in [1.29, 1.82) is 0 Å². The molecule has 0 bridgehead atoms. The topological polar surface area (TPSA) is 104 Å². The van der Waals surface area contributed by atoms with Crippen LogP contribution in [0.4, 0.5) is 4.39 Å². The largest absolute Gasteiger partial charge is 0.480 e. The molecular weight excluding hydrogens is 367 g/mol. The predicted octanol–water partition coefficient (Wildman–Crippen LogP) is 1.62. The van der Waals surface area contributed by atoms with Crippen LogP contribution in [0.5, 0.6) is 0 Å². The van der Waals surface area contributed by atoms with Crippen LogP contribution in [0.25, 0.3) is 0 Å². The number of carbonyl (C=O) groups is 4. The van der Waals surface area contributed by atoms with Gasteiger partial charge in [0.1, 0.15) is 11.9 Å². The fourth-order valence-corrected chi connectivity index (χ4v) is 3.02. The summed E-state index contributed by atoms with van der Waals surface area (Å²) in [5, 5.41) is 11.7. The van der Waals surface area contributed by atoms with E-state index in [4.69, 9.17) is 0 Å². The quantitative estimate of drug-likeness (QED) is 0.706. The van der Waals surface area contributed by atoms with Gasteiger partial charge in [-0.1, -0.05) is 24.3 Å². The summed E-state index contributed by atoms with van der Waals surface area (Å²) in [6, 6.07) is 10.5. The van der Waals surface area contributed by atoms with E-state index >= 15 is 0 Å². The van der Waals surface area contributed by atoms with Crippen molar-refractivity contribution in [3.8, 4) is 0 Å². The Bertz CT molecular complexity index is 924. The molecule has 0 saturated carbocycles. The summed E-state index contributed by atoms with van der Waals surface area (Å²) in [7, 11) is 0. The van der Waals surface area contributed by atoms with E-state index in [9.17, 15) is 28.7 Å². The fourth-order valence-electron chi connectivity index (χ4n) is 3.02. The minimum absolute atomic E-state index is 0.0914. The van der Waals surface area contributed by atoms with E-state index in [-0.39, 0.29) is 30.5 Å². The average molecular weight is 384 g/mol. The van der Waals surface area contributed by atoms with E-state index in [1.807, 2.05) is 0 Å². The van der Waals surface area contributed by atoms with Crippen LogP contribution in [0, 0.1) is 5.82 Å². The summed E-state index contributed by atoms with van der Waals surface area (Å²) < 4.78 is 13.3. The van der Waals surface area contributed by atoms with Gasteiger partial charge < -0.3 is 10.4 Å². The lowest BCUT2D eigenvalue weighted by Crippen LogP contribution is -2.43. The van der Waals surface area contributed by atoms with Crippen LogP contribution in [-0.4, -0.2) is 46.3 Å². The van der Waals surface area contributed by atoms with Gasteiger partial charge in [-0.25, -0.2) is 9.18 Å². The standard InChI is InChI=1S/C20H17FN2O5/c21-13-5-3-4-12(10-13)11-16(20(27)28)22-17(24)8-9-23-18(25)14-6-1-2-7-15(14)19(23)26/h1-7,10,16H,8-9,11H2,(H,22,24)(H,27,28). The van der Waals surface area contributed by atoms with Crippen LogP contribution >= 0.6 is 0 Å². The van der Waals surface area contributed by atoms with Crippen molar-refractivity contribution in [2.45, 2.75) is 18.9 Å². The van der Waals surface area contributed by atoms with Crippen molar-refractivity contribution in [1.82, 2.24) is 10.2 Å². The monoisotopic (exact) mass is 384 g/mol. The number of benzene rings is 2. The van der Waals surface area contributed by atoms with Crippen molar-refractivity contribution in [3.63, 3.8) is 0 Å². The van der Waals surface area contributed by atoms with E-state index in [1.165, 1.54) is 30.3 Å². The summed E-state index contributed by atoms with van der Waals surface area (Å²) >= 11 is 0. The SMILES string of the molecule is O=C(CCN1C(=O)c2ccccc2C1=O)NC(Cc1cccc(F)c1)C(=O)O. The second-order valence-corrected chi connectivity index (χ2v) is 6.35. The molecule has 8 heteroatoms. The Morgan fingerprint density at radius 1 is 1.04 bits per heavy atom. The molecule has 0 aliphatic carbocycles. The maximum atomic E-state index is 13.3. The van der Waals surface area contributed by atoms with Gasteiger partial charge >= 0.3 is 5.97 Å². The summed E-state index contributed by atoms with van der Waals surface area (Å²) in [5.41, 5.74) is 0.984. The highest BCUT2D eigenvalue weighted by atomic mass is 19.1. The van der Waals surface area contributed by atoms with Gasteiger partial charge in [0, 0.05) is 19.4 Å². The number of halogens is 1. The molecule has 0 spiro atoms. The normalized spacial score (nSPS) is 14.0. The molecule has 0 radical (unpaired) electrons. The van der Waals surface area contributed by atoms with Crippen LogP contribution in [0.3, 0.4) is 0 Å². The number of nitrogens with zero attached hydrogens (tertiary/aromatic N) is 1. The first-order chi connectivity index (χ1) is 13.4. The number of carboxylic acid groups (broad SMARTS) is 1. The Morgan fingerprint density at radius 2 is 1.68 bits per heavy atom. The number of carbonyl (C=O) groups excluding carboxylic acids is 3. The number of hydrogen-bond donors (Lipinski definition) is 2. The molecule has 2 aromatic rings. The zero-order valence-corrected chi connectivity index (χ0v) is 14.7. The minimum atomic E-state index is -1.27. The van der Waals surface area contributed by atoms with Gasteiger partial charge in [0.25, 0.3) is 11.8 Å². The molecule has 1 aliphatic rings. The Morgan fingerprint density at radius 3 is 2.25 bits per heavy atom. The average Bonchev–Trinajstić information content (AvgIpc) is 2.90. The molecule has 1 heterocycles. The lowest BCUT2D eigenvalue weighted by Gasteiger charge is -2.17. The maximum absolute atomic E-state index is 13.3. The first kappa shape index (κ1) is 19.2. The van der Waals surface area contributed by atoms with Gasteiger partial charge in [-0.2, -0.15) is 0 Å². The molecule has 2 aromatic carbocycles. The molecule has 0 saturated heterocycles. The van der Waals surface area contributed by atoms with Gasteiger partial charge in [0.05, 0.1) is 11.1 Å². The van der Waals surface area contributed by atoms with Crippen molar-refractivity contribution >= 4 is 23.7 Å². The maximum Gasteiger partial charge on any atom is 0.326 e. The van der Waals surface area contributed by atoms with Gasteiger partial charge in [-0.3, -0.25) is 19.3 Å². The van der Waals surface area contributed by atoms with Crippen LogP contribution in [0.1, 0.15) is 32.7 Å². The summed E-state index contributed by atoms with van der Waals surface area (Å²) in [4.78, 5) is 49.1. The third-order valence-corrected chi connectivity index (χ3v) is 4.40. The Balaban J connectivity index is 1.59. The molecule has 1 aliphatic heterocycles. The highest BCUT2D eigenvalue weighted by Gasteiger charge is 2.35. The van der Waals surface area contributed by atoms with Crippen LogP contribution in [0.2, 0.25) is 0 Å². The predicted molar refractivity (Wildman–Crippen MR) is 96.1 cm³/mol. The van der Waals surface area contributed by atoms with Gasteiger partial charge in [-0.05, 0) is 29.8 Å². The molecule has 0 fully saturated rings. The molecular formula is C20H17FN2O5. The molecule has 1 atom stereocenters. The Labute approximate surface area is 159 Å². The lowest BCUT2D eigenvalue weighted by atomic mass is 10.1. The van der Waals surface area contributed by atoms with E-state index in [0.29, 0.717) is 5.56 Å². The number of nitrogens with one attached hydrogen (secondary N) is 1. The number of carboxylic acids is 1. The number of hydrogen-bond acceptors (Lipinski definition) is 4. The molecule has 1 unspecified atom stereocenters. The highest BCUT2D eigenvalue weighted by molar-refractivity contribution is 6.21. The number of amides is 3. The number of imide groups is 1. The van der Waals surface area contributed by atoms with Crippen LogP contribution in [0.15, 0.2) is 48.5 Å². The number of fused-ring (bicyclic) bond motifs is 1. The van der Waals surface area contributed by atoms with E-state index in [0.717, 1.165) is 4.90 Å². The van der Waals surface area contributed by atoms with Crippen LogP contribution in [-0.2, 0) is 16.0 Å². The van der Waals surface area contributed by atoms with E-state index in [1.54, 1.807) is 18.2 Å². The van der Waals surface area contributed by atoms with E-state index in [2.05, 4.69) is 5.32 Å². The lowest BCUT2D eigenvalue weighted by molar-refractivity contribution is -0.141. The first-order valence-electron chi connectivity index (χ1n) is 8.58. The summed E-state index contributed by atoms with van der Waals surface area (Å²) in [6.45, 7) is -0.162. The second kappa shape index (κ2) is 7.99. The number of rotatable bonds is 7.